The summed E-state index contributed by atoms with van der Waals surface area (Å²) >= 11 is 0. The van der Waals surface area contributed by atoms with Gasteiger partial charge in [0.05, 0.1) is 25.1 Å². The molecule has 27 heavy (non-hydrogen) atoms. The molecule has 1 aromatic heterocycles. The summed E-state index contributed by atoms with van der Waals surface area (Å²) in [6.07, 6.45) is 3.81. The number of nitrogens with zero attached hydrogens (tertiary/aromatic N) is 2. The van der Waals surface area contributed by atoms with Gasteiger partial charge >= 0.3 is 0 Å². The Morgan fingerprint density at radius 2 is 1.93 bits per heavy atom. The molecule has 0 bridgehead atoms. The molecular weight excluding hydrogens is 342 g/mol. The van der Waals surface area contributed by atoms with Crippen LogP contribution >= 0.6 is 0 Å². The normalized spacial score (nSPS) is 15.0. The number of rotatable bonds is 3. The number of nitrogens with two attached hydrogens (primary N) is 1. The van der Waals surface area contributed by atoms with E-state index in [0.29, 0.717) is 40.5 Å². The lowest BCUT2D eigenvalue weighted by Gasteiger charge is -2.21. The predicted octanol–water partition coefficient (Wildman–Crippen LogP) is 3.33. The monoisotopic (exact) mass is 363 g/mol. The average molecular weight is 363 g/mol. The smallest absolute Gasteiger partial charge is 0.261 e. The predicted molar refractivity (Wildman–Crippen MR) is 107 cm³/mol. The van der Waals surface area contributed by atoms with Gasteiger partial charge in [-0.25, -0.2) is 4.98 Å². The quantitative estimate of drug-likeness (QED) is 0.722. The highest BCUT2D eigenvalue weighted by atomic mass is 16.5. The van der Waals surface area contributed by atoms with E-state index in [1.807, 2.05) is 18.2 Å². The molecule has 0 saturated heterocycles. The Bertz CT molecular complexity index is 1120. The molecule has 2 heterocycles. The minimum atomic E-state index is -0.0205. The molecule has 0 saturated carbocycles. The van der Waals surface area contributed by atoms with Crippen LogP contribution in [0, 0.1) is 0 Å². The Morgan fingerprint density at radius 1 is 1.11 bits per heavy atom. The highest BCUT2D eigenvalue weighted by Gasteiger charge is 2.19. The van der Waals surface area contributed by atoms with Crippen molar-refractivity contribution in [2.24, 2.45) is 0 Å². The number of fused-ring (bicyclic) bond motifs is 2. The third kappa shape index (κ3) is 3.03. The topological polar surface area (TPSA) is 79.4 Å². The van der Waals surface area contributed by atoms with Crippen LogP contribution in [0.15, 0.2) is 41.2 Å². The maximum atomic E-state index is 12.9. The van der Waals surface area contributed by atoms with Gasteiger partial charge in [-0.15, -0.1) is 0 Å². The number of hydrogen-bond acceptors (Lipinski definition) is 5. The number of hydrogen-bond donors (Lipinski definition) is 1. The van der Waals surface area contributed by atoms with E-state index in [1.54, 1.807) is 37.0 Å². The second kappa shape index (κ2) is 6.79. The summed E-state index contributed by atoms with van der Waals surface area (Å²) in [5, 5.41) is 0.598. The molecule has 0 aliphatic carbocycles. The van der Waals surface area contributed by atoms with E-state index >= 15 is 0 Å². The number of methoxy groups -OCH3 is 2. The van der Waals surface area contributed by atoms with Crippen molar-refractivity contribution in [3.63, 3.8) is 0 Å². The molecule has 0 unspecified atom stereocenters. The second-order valence-corrected chi connectivity index (χ2v) is 6.56. The fourth-order valence-corrected chi connectivity index (χ4v) is 3.51. The highest BCUT2D eigenvalue weighted by Crippen LogP contribution is 2.31. The zero-order valence-electron chi connectivity index (χ0n) is 15.4. The number of anilines is 1. The summed E-state index contributed by atoms with van der Waals surface area (Å²) < 4.78 is 12.4. The molecule has 0 radical (unpaired) electrons. The molecule has 0 spiro atoms. The van der Waals surface area contributed by atoms with Gasteiger partial charge in [0.2, 0.25) is 0 Å². The average Bonchev–Trinajstić information content (AvgIpc) is 2.68. The summed E-state index contributed by atoms with van der Waals surface area (Å²) in [5.41, 5.74) is 9.08. The van der Waals surface area contributed by atoms with Gasteiger partial charge in [0.25, 0.3) is 5.56 Å². The van der Waals surface area contributed by atoms with Crippen LogP contribution in [0.2, 0.25) is 0 Å². The Balaban J connectivity index is 1.87. The van der Waals surface area contributed by atoms with Gasteiger partial charge < -0.3 is 15.2 Å². The van der Waals surface area contributed by atoms with Crippen LogP contribution in [-0.2, 0) is 6.54 Å². The van der Waals surface area contributed by atoms with Crippen LogP contribution in [0.3, 0.4) is 0 Å². The Hall–Kier alpha value is -3.28. The Labute approximate surface area is 156 Å². The molecule has 1 aliphatic heterocycles. The Morgan fingerprint density at radius 3 is 2.70 bits per heavy atom. The number of benzene rings is 2. The lowest BCUT2D eigenvalue weighted by Crippen LogP contribution is -2.27. The molecule has 0 fully saturated rings. The SMILES string of the molecule is COc1ccc(/C=C2\CCCn3c2nc2cc(N)ccc2c3=O)cc1OC. The molecule has 4 rings (SSSR count). The van der Waals surface area contributed by atoms with Gasteiger partial charge in [0.15, 0.2) is 11.5 Å². The van der Waals surface area contributed by atoms with Crippen LogP contribution in [-0.4, -0.2) is 23.8 Å². The molecule has 138 valence electrons. The maximum absolute atomic E-state index is 12.9. The van der Waals surface area contributed by atoms with E-state index in [1.165, 1.54) is 0 Å². The van der Waals surface area contributed by atoms with Gasteiger partial charge in [-0.1, -0.05) is 6.07 Å². The van der Waals surface area contributed by atoms with Gasteiger partial charge in [-0.05, 0) is 60.4 Å². The molecule has 2 aromatic carbocycles. The van der Waals surface area contributed by atoms with Crippen molar-refractivity contribution in [3.8, 4) is 11.5 Å². The van der Waals surface area contributed by atoms with E-state index < -0.39 is 0 Å². The highest BCUT2D eigenvalue weighted by molar-refractivity contribution is 5.85. The van der Waals surface area contributed by atoms with Crippen LogP contribution < -0.4 is 20.8 Å². The van der Waals surface area contributed by atoms with Crippen LogP contribution in [0.1, 0.15) is 24.2 Å². The van der Waals surface area contributed by atoms with E-state index in [0.717, 1.165) is 24.0 Å². The lowest BCUT2D eigenvalue weighted by atomic mass is 10.0. The summed E-state index contributed by atoms with van der Waals surface area (Å²) in [5.74, 6) is 2.05. The minimum Gasteiger partial charge on any atom is -0.493 e. The standard InChI is InChI=1S/C21H21N3O3/c1-26-18-8-5-13(11-19(18)27-2)10-14-4-3-9-24-20(14)23-17-12-15(22)6-7-16(17)21(24)25/h5-8,10-12H,3-4,9,22H2,1-2H3/b14-10+. The van der Waals surface area contributed by atoms with Gasteiger partial charge in [-0.2, -0.15) is 0 Å². The number of nitrogen functional groups attached to an aromatic ring is 1. The fraction of sp³-hybridized carbons (Fsp3) is 0.238. The summed E-state index contributed by atoms with van der Waals surface area (Å²) in [7, 11) is 3.23. The molecule has 6 nitrogen and oxygen atoms in total. The lowest BCUT2D eigenvalue weighted by molar-refractivity contribution is 0.355. The third-order valence-corrected chi connectivity index (χ3v) is 4.84. The van der Waals surface area contributed by atoms with Crippen molar-refractivity contribution >= 4 is 28.2 Å². The molecule has 0 amide bonds. The van der Waals surface area contributed by atoms with E-state index in [2.05, 4.69) is 6.08 Å². The molecule has 2 N–H and O–H groups in total. The van der Waals surface area contributed by atoms with Gasteiger partial charge in [-0.3, -0.25) is 9.36 Å². The summed E-state index contributed by atoms with van der Waals surface area (Å²) in [6, 6.07) is 11.0. The summed E-state index contributed by atoms with van der Waals surface area (Å²) in [6.45, 7) is 0.671. The second-order valence-electron chi connectivity index (χ2n) is 6.56. The van der Waals surface area contributed by atoms with E-state index in [9.17, 15) is 4.79 Å². The minimum absolute atomic E-state index is 0.0205. The van der Waals surface area contributed by atoms with Gasteiger partial charge in [0, 0.05) is 12.2 Å². The number of aromatic nitrogens is 2. The largest absolute Gasteiger partial charge is 0.493 e. The van der Waals surface area contributed by atoms with E-state index in [4.69, 9.17) is 20.2 Å². The van der Waals surface area contributed by atoms with Crippen molar-refractivity contribution in [2.45, 2.75) is 19.4 Å². The number of ether oxygens (including phenoxy) is 2. The molecule has 3 aromatic rings. The van der Waals surface area contributed by atoms with Crippen molar-refractivity contribution in [2.75, 3.05) is 20.0 Å². The first-order valence-electron chi connectivity index (χ1n) is 8.84. The van der Waals surface area contributed by atoms with E-state index in [-0.39, 0.29) is 5.56 Å². The van der Waals surface area contributed by atoms with Gasteiger partial charge in [0.1, 0.15) is 5.82 Å². The zero-order valence-corrected chi connectivity index (χ0v) is 15.4. The fourth-order valence-electron chi connectivity index (χ4n) is 3.51. The molecule has 0 atom stereocenters. The number of allylic oxidation sites excluding steroid dienone is 1. The third-order valence-electron chi connectivity index (χ3n) is 4.84. The first-order valence-corrected chi connectivity index (χ1v) is 8.84. The van der Waals surface area contributed by atoms with Crippen LogP contribution in [0.4, 0.5) is 5.69 Å². The first kappa shape index (κ1) is 17.1. The zero-order chi connectivity index (χ0) is 19.0. The molecule has 1 aliphatic rings. The van der Waals surface area contributed by atoms with Crippen LogP contribution in [0.25, 0.3) is 22.6 Å². The van der Waals surface area contributed by atoms with Crippen molar-refractivity contribution in [1.29, 1.82) is 0 Å². The Kier molecular flexibility index (Phi) is 4.32. The van der Waals surface area contributed by atoms with Crippen molar-refractivity contribution in [1.82, 2.24) is 9.55 Å². The van der Waals surface area contributed by atoms with Crippen LogP contribution in [0.5, 0.6) is 11.5 Å². The molecule has 6 heteroatoms. The van der Waals surface area contributed by atoms with Crippen molar-refractivity contribution in [3.05, 3.63) is 58.1 Å². The summed E-state index contributed by atoms with van der Waals surface area (Å²) in [4.78, 5) is 17.6. The molecular formula is C21H21N3O3. The maximum Gasteiger partial charge on any atom is 0.261 e. The first-order chi connectivity index (χ1) is 13.1. The van der Waals surface area contributed by atoms with Crippen molar-refractivity contribution < 1.29 is 9.47 Å².